The fourth-order valence-electron chi connectivity index (χ4n) is 3.24. The molecule has 0 aliphatic carbocycles. The average molecular weight is 356 g/mol. The monoisotopic (exact) mass is 356 g/mol. The topological polar surface area (TPSA) is 56.0 Å². The normalized spacial score (nSPS) is 12.5. The third-order valence-electron chi connectivity index (χ3n) is 4.60. The molecule has 0 bridgehead atoms. The minimum absolute atomic E-state index is 0.163. The van der Waals surface area contributed by atoms with E-state index in [0.717, 1.165) is 16.5 Å². The summed E-state index contributed by atoms with van der Waals surface area (Å²) in [5.74, 6) is 0.761. The minimum atomic E-state index is -0.378. The Morgan fingerprint density at radius 3 is 2.50 bits per heavy atom. The quantitative estimate of drug-likeness (QED) is 0.689. The molecule has 3 aromatic rings. The van der Waals surface area contributed by atoms with Crippen LogP contribution in [-0.4, -0.2) is 7.11 Å². The number of quaternary nitrogens is 1. The molecule has 0 unspecified atom stereocenters. The summed E-state index contributed by atoms with van der Waals surface area (Å²) in [5, 5.41) is 3.07. The third kappa shape index (κ3) is 3.94. The molecule has 0 radical (unpaired) electrons. The van der Waals surface area contributed by atoms with E-state index in [4.69, 9.17) is 9.15 Å². The van der Waals surface area contributed by atoms with Crippen molar-refractivity contribution in [3.63, 3.8) is 0 Å². The molecule has 4 nitrogen and oxygen atoms in total. The maximum absolute atomic E-state index is 13.2. The second-order valence-corrected chi connectivity index (χ2v) is 6.71. The Kier molecular flexibility index (Phi) is 5.38. The van der Waals surface area contributed by atoms with E-state index in [1.807, 2.05) is 24.3 Å². The number of fused-ring (bicyclic) bond motifs is 1. The number of ether oxygens (including phenoxy) is 1. The number of halogens is 1. The average Bonchev–Trinajstić information content (AvgIpc) is 2.62. The molecule has 0 aliphatic heterocycles. The lowest BCUT2D eigenvalue weighted by Crippen LogP contribution is -2.84. The standard InChI is InChI=1S/C21H22FNO3/c1-13(2)21(14-4-6-16(22)7-5-14)23-12-15-10-20(24)26-19-11-17(25-3)8-9-18(15)19/h4-11,13,21,23H,12H2,1-3H3/p+1/t21-/m1/s1. The van der Waals surface area contributed by atoms with Crippen LogP contribution in [0.15, 0.2) is 57.7 Å². The van der Waals surface area contributed by atoms with Crippen molar-refractivity contribution in [3.8, 4) is 5.75 Å². The number of hydrogen-bond donors (Lipinski definition) is 1. The second kappa shape index (κ2) is 7.70. The van der Waals surface area contributed by atoms with Crippen LogP contribution in [0.1, 0.15) is 31.0 Å². The van der Waals surface area contributed by atoms with Gasteiger partial charge in [0.05, 0.1) is 7.11 Å². The smallest absolute Gasteiger partial charge is 0.336 e. The zero-order chi connectivity index (χ0) is 18.7. The maximum atomic E-state index is 13.2. The van der Waals surface area contributed by atoms with Crippen LogP contribution in [0.2, 0.25) is 0 Å². The molecule has 3 rings (SSSR count). The Morgan fingerprint density at radius 1 is 1.12 bits per heavy atom. The molecule has 26 heavy (non-hydrogen) atoms. The molecule has 136 valence electrons. The summed E-state index contributed by atoms with van der Waals surface area (Å²) in [6, 6.07) is 13.8. The molecule has 0 amide bonds. The molecular formula is C21H23FNO3+. The van der Waals surface area contributed by atoms with E-state index in [2.05, 4.69) is 19.2 Å². The van der Waals surface area contributed by atoms with E-state index in [-0.39, 0.29) is 17.5 Å². The molecule has 1 heterocycles. The summed E-state index contributed by atoms with van der Waals surface area (Å²) >= 11 is 0. The molecule has 0 spiro atoms. The summed E-state index contributed by atoms with van der Waals surface area (Å²) in [4.78, 5) is 11.9. The fraction of sp³-hybridized carbons (Fsp3) is 0.286. The highest BCUT2D eigenvalue weighted by atomic mass is 19.1. The van der Waals surface area contributed by atoms with Crippen LogP contribution >= 0.6 is 0 Å². The van der Waals surface area contributed by atoms with Crippen LogP contribution in [0.5, 0.6) is 5.75 Å². The van der Waals surface area contributed by atoms with E-state index in [1.165, 1.54) is 18.2 Å². The Balaban J connectivity index is 1.89. The molecule has 5 heteroatoms. The van der Waals surface area contributed by atoms with Gasteiger partial charge in [-0.25, -0.2) is 9.18 Å². The zero-order valence-corrected chi connectivity index (χ0v) is 15.2. The molecule has 0 saturated heterocycles. The summed E-state index contributed by atoms with van der Waals surface area (Å²) in [7, 11) is 1.58. The maximum Gasteiger partial charge on any atom is 0.336 e. The second-order valence-electron chi connectivity index (χ2n) is 6.71. The summed E-state index contributed by atoms with van der Waals surface area (Å²) in [6.07, 6.45) is 0. The lowest BCUT2D eigenvalue weighted by Gasteiger charge is -2.20. The summed E-state index contributed by atoms with van der Waals surface area (Å²) in [5.41, 5.74) is 2.11. The first-order chi connectivity index (χ1) is 12.5. The molecule has 2 N–H and O–H groups in total. The SMILES string of the molecule is COc1ccc2c(C[NH2+][C@@H](c3ccc(F)cc3)C(C)C)cc(=O)oc2c1. The van der Waals surface area contributed by atoms with Crippen molar-refractivity contribution in [1.82, 2.24) is 0 Å². The van der Waals surface area contributed by atoms with E-state index >= 15 is 0 Å². The number of rotatable bonds is 6. The van der Waals surface area contributed by atoms with Crippen molar-refractivity contribution in [1.29, 1.82) is 0 Å². The van der Waals surface area contributed by atoms with Gasteiger partial charge in [-0.15, -0.1) is 0 Å². The first-order valence-corrected chi connectivity index (χ1v) is 8.67. The van der Waals surface area contributed by atoms with Crippen LogP contribution in [0.25, 0.3) is 11.0 Å². The molecule has 0 fully saturated rings. The van der Waals surface area contributed by atoms with Crippen molar-refractivity contribution in [2.45, 2.75) is 26.4 Å². The lowest BCUT2D eigenvalue weighted by molar-refractivity contribution is -0.717. The molecule has 0 saturated carbocycles. The number of hydrogen-bond acceptors (Lipinski definition) is 3. The number of benzene rings is 2. The Labute approximate surface area is 151 Å². The van der Waals surface area contributed by atoms with Gasteiger partial charge in [-0.1, -0.05) is 26.0 Å². The van der Waals surface area contributed by atoms with E-state index in [0.29, 0.717) is 23.8 Å². The van der Waals surface area contributed by atoms with Crippen LogP contribution < -0.4 is 15.7 Å². The Hall–Kier alpha value is -2.66. The molecule has 2 aromatic carbocycles. The molecule has 0 aliphatic rings. The van der Waals surface area contributed by atoms with Gasteiger partial charge in [-0.05, 0) is 24.3 Å². The first-order valence-electron chi connectivity index (χ1n) is 8.67. The van der Waals surface area contributed by atoms with Crippen molar-refractivity contribution in [3.05, 3.63) is 75.9 Å². The van der Waals surface area contributed by atoms with Gasteiger partial charge in [0, 0.05) is 34.6 Å². The van der Waals surface area contributed by atoms with Crippen LogP contribution in [0, 0.1) is 11.7 Å². The van der Waals surface area contributed by atoms with Crippen molar-refractivity contribution >= 4 is 11.0 Å². The van der Waals surface area contributed by atoms with E-state index in [9.17, 15) is 9.18 Å². The van der Waals surface area contributed by atoms with Crippen molar-refractivity contribution < 1.29 is 18.9 Å². The molecule has 1 aromatic heterocycles. The van der Waals surface area contributed by atoms with Gasteiger partial charge < -0.3 is 14.5 Å². The van der Waals surface area contributed by atoms with E-state index in [1.54, 1.807) is 13.2 Å². The summed E-state index contributed by atoms with van der Waals surface area (Å²) in [6.45, 7) is 4.88. The number of nitrogens with two attached hydrogens (primary N) is 1. The van der Waals surface area contributed by atoms with Crippen LogP contribution in [0.4, 0.5) is 4.39 Å². The van der Waals surface area contributed by atoms with Gasteiger partial charge in [0.15, 0.2) is 0 Å². The van der Waals surface area contributed by atoms with Crippen molar-refractivity contribution in [2.24, 2.45) is 5.92 Å². The van der Waals surface area contributed by atoms with Crippen LogP contribution in [-0.2, 0) is 6.54 Å². The lowest BCUT2D eigenvalue weighted by atomic mass is 9.95. The zero-order valence-electron chi connectivity index (χ0n) is 15.2. The highest BCUT2D eigenvalue weighted by Crippen LogP contribution is 2.23. The van der Waals surface area contributed by atoms with Gasteiger partial charge in [-0.2, -0.15) is 0 Å². The highest BCUT2D eigenvalue weighted by Gasteiger charge is 2.20. The van der Waals surface area contributed by atoms with Gasteiger partial charge in [0.1, 0.15) is 29.7 Å². The largest absolute Gasteiger partial charge is 0.497 e. The molecule has 1 atom stereocenters. The number of methoxy groups -OCH3 is 1. The predicted octanol–water partition coefficient (Wildman–Crippen LogP) is 3.40. The fourth-order valence-corrected chi connectivity index (χ4v) is 3.24. The van der Waals surface area contributed by atoms with Gasteiger partial charge in [0.2, 0.25) is 0 Å². The van der Waals surface area contributed by atoms with E-state index < -0.39 is 0 Å². The van der Waals surface area contributed by atoms with Crippen molar-refractivity contribution in [2.75, 3.05) is 7.11 Å². The Morgan fingerprint density at radius 2 is 1.85 bits per heavy atom. The summed E-state index contributed by atoms with van der Waals surface area (Å²) < 4.78 is 23.7. The van der Waals surface area contributed by atoms with Gasteiger partial charge in [0.25, 0.3) is 0 Å². The Bertz CT molecular complexity index is 948. The van der Waals surface area contributed by atoms with Crippen LogP contribution in [0.3, 0.4) is 0 Å². The minimum Gasteiger partial charge on any atom is -0.497 e. The van der Waals surface area contributed by atoms with Gasteiger partial charge in [-0.3, -0.25) is 0 Å². The molecular weight excluding hydrogens is 333 g/mol. The first kappa shape index (κ1) is 18.1. The van der Waals surface area contributed by atoms with Gasteiger partial charge >= 0.3 is 5.63 Å². The predicted molar refractivity (Wildman–Crippen MR) is 98.6 cm³/mol. The highest BCUT2D eigenvalue weighted by molar-refractivity contribution is 5.81. The third-order valence-corrected chi connectivity index (χ3v) is 4.60.